The third-order valence-electron chi connectivity index (χ3n) is 5.68. The standard InChI is InChI=1S/C29H31FN6O4/c1-18-14-22(12-13-31-18)40-21-10-11-24(23(30)15-21)33-28(38)34-26-16-25(29(2,3)4)35-36(26)20-8-6-19(7-9-20)32-27(37)17-39-5/h6-16H,17H2,1-5H3,(H,32,37)(H2,33,34,38). The maximum Gasteiger partial charge on any atom is 0.324 e. The van der Waals surface area contributed by atoms with E-state index in [2.05, 4.69) is 26.0 Å². The van der Waals surface area contributed by atoms with E-state index in [1.807, 2.05) is 27.7 Å². The normalized spacial score (nSPS) is 11.2. The topological polar surface area (TPSA) is 119 Å². The highest BCUT2D eigenvalue weighted by Gasteiger charge is 2.22. The van der Waals surface area contributed by atoms with Crippen LogP contribution in [0.1, 0.15) is 32.2 Å². The number of hydrogen-bond acceptors (Lipinski definition) is 6. The molecular weight excluding hydrogens is 515 g/mol. The molecule has 208 valence electrons. The molecule has 4 aromatic rings. The van der Waals surface area contributed by atoms with E-state index in [9.17, 15) is 14.0 Å². The van der Waals surface area contributed by atoms with Crippen LogP contribution in [0, 0.1) is 12.7 Å². The molecule has 0 unspecified atom stereocenters. The fourth-order valence-electron chi connectivity index (χ4n) is 3.70. The number of aromatic nitrogens is 3. The minimum atomic E-state index is -0.659. The van der Waals surface area contributed by atoms with Crippen molar-refractivity contribution in [2.75, 3.05) is 29.7 Å². The Morgan fingerprint density at radius 1 is 0.950 bits per heavy atom. The van der Waals surface area contributed by atoms with Crippen LogP contribution in [0.2, 0.25) is 0 Å². The molecule has 11 heteroatoms. The van der Waals surface area contributed by atoms with Gasteiger partial charge in [0, 0.05) is 48.3 Å². The van der Waals surface area contributed by atoms with Crippen molar-refractivity contribution in [2.45, 2.75) is 33.1 Å². The molecule has 0 saturated carbocycles. The Balaban J connectivity index is 1.50. The molecule has 2 heterocycles. The van der Waals surface area contributed by atoms with Gasteiger partial charge in [0.2, 0.25) is 5.91 Å². The maximum absolute atomic E-state index is 14.8. The van der Waals surface area contributed by atoms with Gasteiger partial charge >= 0.3 is 6.03 Å². The van der Waals surface area contributed by atoms with E-state index in [4.69, 9.17) is 9.47 Å². The summed E-state index contributed by atoms with van der Waals surface area (Å²) in [6, 6.07) is 15.6. The molecule has 0 aliphatic carbocycles. The average molecular weight is 547 g/mol. The number of amides is 3. The van der Waals surface area contributed by atoms with Crippen molar-refractivity contribution in [2.24, 2.45) is 0 Å². The van der Waals surface area contributed by atoms with E-state index < -0.39 is 11.8 Å². The Morgan fingerprint density at radius 2 is 1.68 bits per heavy atom. The zero-order valence-electron chi connectivity index (χ0n) is 22.9. The van der Waals surface area contributed by atoms with E-state index in [1.54, 1.807) is 59.4 Å². The predicted molar refractivity (Wildman–Crippen MR) is 151 cm³/mol. The molecule has 2 aromatic heterocycles. The summed E-state index contributed by atoms with van der Waals surface area (Å²) in [7, 11) is 1.44. The van der Waals surface area contributed by atoms with Gasteiger partial charge in [-0.15, -0.1) is 0 Å². The second-order valence-electron chi connectivity index (χ2n) is 10.1. The Hall–Kier alpha value is -4.77. The van der Waals surface area contributed by atoms with Gasteiger partial charge in [-0.1, -0.05) is 20.8 Å². The lowest BCUT2D eigenvalue weighted by atomic mass is 9.92. The van der Waals surface area contributed by atoms with Crippen LogP contribution >= 0.6 is 0 Å². The lowest BCUT2D eigenvalue weighted by Crippen LogP contribution is -2.22. The summed E-state index contributed by atoms with van der Waals surface area (Å²) in [6.07, 6.45) is 1.60. The first-order valence-electron chi connectivity index (χ1n) is 12.5. The van der Waals surface area contributed by atoms with E-state index in [0.29, 0.717) is 22.9 Å². The number of nitrogens with zero attached hydrogens (tertiary/aromatic N) is 3. The van der Waals surface area contributed by atoms with Gasteiger partial charge in [-0.3, -0.25) is 15.1 Å². The molecule has 0 spiro atoms. The molecule has 0 bridgehead atoms. The maximum atomic E-state index is 14.8. The van der Waals surface area contributed by atoms with Crippen LogP contribution in [0.4, 0.5) is 26.4 Å². The molecule has 2 aromatic carbocycles. The number of carbonyl (C=O) groups is 2. The van der Waals surface area contributed by atoms with Gasteiger partial charge in [-0.25, -0.2) is 13.9 Å². The molecule has 0 aliphatic heterocycles. The van der Waals surface area contributed by atoms with Crippen LogP contribution in [0.3, 0.4) is 0 Å². The fraction of sp³-hybridized carbons (Fsp3) is 0.241. The molecule has 0 atom stereocenters. The van der Waals surface area contributed by atoms with Gasteiger partial charge in [0.1, 0.15) is 29.7 Å². The summed E-state index contributed by atoms with van der Waals surface area (Å²) in [4.78, 5) is 28.8. The van der Waals surface area contributed by atoms with Crippen LogP contribution in [0.25, 0.3) is 5.69 Å². The lowest BCUT2D eigenvalue weighted by molar-refractivity contribution is -0.119. The highest BCUT2D eigenvalue weighted by atomic mass is 19.1. The smallest absolute Gasteiger partial charge is 0.324 e. The Kier molecular flexibility index (Phi) is 8.44. The second kappa shape index (κ2) is 12.0. The monoisotopic (exact) mass is 546 g/mol. The minimum Gasteiger partial charge on any atom is -0.457 e. The third kappa shape index (κ3) is 7.20. The van der Waals surface area contributed by atoms with E-state index >= 15 is 0 Å². The number of methoxy groups -OCH3 is 1. The summed E-state index contributed by atoms with van der Waals surface area (Å²) in [6.45, 7) is 7.78. The first kappa shape index (κ1) is 28.2. The number of hydrogen-bond donors (Lipinski definition) is 3. The SMILES string of the molecule is COCC(=O)Nc1ccc(-n2nc(C(C)(C)C)cc2NC(=O)Nc2ccc(Oc3ccnc(C)c3)cc2F)cc1. The zero-order valence-corrected chi connectivity index (χ0v) is 22.9. The van der Waals surface area contributed by atoms with Crippen LogP contribution in [-0.4, -0.2) is 40.4 Å². The van der Waals surface area contributed by atoms with Crippen LogP contribution in [-0.2, 0) is 14.9 Å². The number of ether oxygens (including phenoxy) is 2. The van der Waals surface area contributed by atoms with E-state index in [0.717, 1.165) is 11.4 Å². The first-order valence-corrected chi connectivity index (χ1v) is 12.5. The number of urea groups is 1. The number of aryl methyl sites for hydroxylation is 1. The highest BCUT2D eigenvalue weighted by molar-refractivity contribution is 5.99. The number of carbonyl (C=O) groups excluding carboxylic acids is 2. The number of rotatable bonds is 8. The molecule has 4 rings (SSSR count). The number of halogens is 1. The second-order valence-corrected chi connectivity index (χ2v) is 10.1. The molecule has 3 N–H and O–H groups in total. The number of nitrogens with one attached hydrogen (secondary N) is 3. The third-order valence-corrected chi connectivity index (χ3v) is 5.68. The molecule has 40 heavy (non-hydrogen) atoms. The van der Waals surface area contributed by atoms with Gasteiger partial charge in [0.25, 0.3) is 0 Å². The first-order chi connectivity index (χ1) is 19.0. The van der Waals surface area contributed by atoms with Crippen molar-refractivity contribution < 1.29 is 23.5 Å². The molecule has 10 nitrogen and oxygen atoms in total. The van der Waals surface area contributed by atoms with Crippen molar-refractivity contribution in [3.05, 3.63) is 84.1 Å². The number of pyridine rings is 1. The highest BCUT2D eigenvalue weighted by Crippen LogP contribution is 2.28. The zero-order chi connectivity index (χ0) is 28.9. The van der Waals surface area contributed by atoms with Crippen LogP contribution < -0.4 is 20.7 Å². The Bertz CT molecular complexity index is 1510. The number of anilines is 3. The van der Waals surface area contributed by atoms with Crippen molar-refractivity contribution in [1.82, 2.24) is 14.8 Å². The molecule has 0 saturated heterocycles. The predicted octanol–water partition coefficient (Wildman–Crippen LogP) is 6.03. The summed E-state index contributed by atoms with van der Waals surface area (Å²) in [5.74, 6) is 0.255. The largest absolute Gasteiger partial charge is 0.457 e. The Morgan fingerprint density at radius 3 is 2.33 bits per heavy atom. The van der Waals surface area contributed by atoms with Gasteiger partial charge in [0.05, 0.1) is 17.1 Å². The average Bonchev–Trinajstić information content (AvgIpc) is 3.30. The molecule has 0 radical (unpaired) electrons. The number of benzene rings is 2. The van der Waals surface area contributed by atoms with Gasteiger partial charge in [0.15, 0.2) is 0 Å². The van der Waals surface area contributed by atoms with Crippen molar-refractivity contribution in [1.29, 1.82) is 0 Å². The van der Waals surface area contributed by atoms with Crippen molar-refractivity contribution in [3.8, 4) is 17.2 Å². The van der Waals surface area contributed by atoms with Crippen LogP contribution in [0.5, 0.6) is 11.5 Å². The summed E-state index contributed by atoms with van der Waals surface area (Å²) >= 11 is 0. The van der Waals surface area contributed by atoms with E-state index in [-0.39, 0.29) is 29.4 Å². The summed E-state index contributed by atoms with van der Waals surface area (Å²) in [5, 5.41) is 12.7. The van der Waals surface area contributed by atoms with Crippen molar-refractivity contribution >= 4 is 29.1 Å². The van der Waals surface area contributed by atoms with Crippen molar-refractivity contribution in [3.63, 3.8) is 0 Å². The summed E-state index contributed by atoms with van der Waals surface area (Å²) < 4.78 is 26.9. The van der Waals surface area contributed by atoms with E-state index in [1.165, 1.54) is 19.2 Å². The molecule has 0 aliphatic rings. The Labute approximate surface area is 231 Å². The molecular formula is C29H31FN6O4. The molecule has 3 amide bonds. The minimum absolute atomic E-state index is 0.0194. The van der Waals surface area contributed by atoms with Crippen LogP contribution in [0.15, 0.2) is 66.9 Å². The lowest BCUT2D eigenvalue weighted by Gasteiger charge is -2.14. The van der Waals surface area contributed by atoms with Gasteiger partial charge in [-0.2, -0.15) is 5.10 Å². The van der Waals surface area contributed by atoms with Gasteiger partial charge < -0.3 is 20.1 Å². The quantitative estimate of drug-likeness (QED) is 0.248. The van der Waals surface area contributed by atoms with Gasteiger partial charge in [-0.05, 0) is 49.4 Å². The summed E-state index contributed by atoms with van der Waals surface area (Å²) in [5.41, 5.74) is 2.42. The molecule has 0 fully saturated rings. The fourth-order valence-corrected chi connectivity index (χ4v) is 3.70.